The molecular weight excluding hydrogens is 428 g/mol. The molecule has 5 N–H and O–H groups in total. The molecule has 2 fully saturated rings. The fourth-order valence-corrected chi connectivity index (χ4v) is 3.53. The van der Waals surface area contributed by atoms with Gasteiger partial charge in [0.25, 0.3) is 0 Å². The van der Waals surface area contributed by atoms with Gasteiger partial charge in [0.15, 0.2) is 12.6 Å². The van der Waals surface area contributed by atoms with Crippen LogP contribution in [0.1, 0.15) is 0 Å². The van der Waals surface area contributed by atoms with Crippen molar-refractivity contribution in [3.05, 3.63) is 38.0 Å². The van der Waals surface area contributed by atoms with Crippen molar-refractivity contribution in [2.45, 2.75) is 61.4 Å². The minimum Gasteiger partial charge on any atom is -0.394 e. The zero-order valence-electron chi connectivity index (χ0n) is 17.8. The van der Waals surface area contributed by atoms with E-state index in [0.29, 0.717) is 0 Å². The molecule has 11 heteroatoms. The first kappa shape index (κ1) is 27.0. The molecule has 2 aliphatic heterocycles. The third-order valence-corrected chi connectivity index (χ3v) is 5.10. The molecule has 184 valence electrons. The summed E-state index contributed by atoms with van der Waals surface area (Å²) in [6.45, 7) is 10.4. The van der Waals surface area contributed by atoms with Crippen LogP contribution in [0, 0.1) is 0 Å². The number of hydrogen-bond donors (Lipinski definition) is 5. The van der Waals surface area contributed by atoms with Crippen LogP contribution in [-0.2, 0) is 28.4 Å². The van der Waals surface area contributed by atoms with Crippen molar-refractivity contribution < 1.29 is 54.0 Å². The molecule has 0 spiro atoms. The minimum absolute atomic E-state index is 0.138. The SMILES string of the molecule is C=CCO[C@@H]1[C@@H](OCC=C)[C@@H](O)O[C@H](CO[C@H]2O[C@H](CO)[C@@H](O)[C@H](O)[C@@H]2O)[C@H]1OCC=C. The van der Waals surface area contributed by atoms with E-state index in [9.17, 15) is 25.5 Å². The maximum absolute atomic E-state index is 10.5. The zero-order chi connectivity index (χ0) is 23.7. The van der Waals surface area contributed by atoms with Crippen LogP contribution in [0.2, 0.25) is 0 Å². The van der Waals surface area contributed by atoms with Crippen molar-refractivity contribution in [3.8, 4) is 0 Å². The topological polar surface area (TPSA) is 157 Å². The Morgan fingerprint density at radius 2 is 1.22 bits per heavy atom. The summed E-state index contributed by atoms with van der Waals surface area (Å²) in [4.78, 5) is 0. The Bertz CT molecular complexity index is 586. The first-order valence-electron chi connectivity index (χ1n) is 10.3. The quantitative estimate of drug-likeness (QED) is 0.197. The van der Waals surface area contributed by atoms with Crippen LogP contribution < -0.4 is 0 Å². The maximum atomic E-state index is 10.5. The van der Waals surface area contributed by atoms with Gasteiger partial charge in [-0.1, -0.05) is 18.2 Å². The molecule has 0 unspecified atom stereocenters. The van der Waals surface area contributed by atoms with Gasteiger partial charge in [0, 0.05) is 0 Å². The molecule has 2 saturated heterocycles. The van der Waals surface area contributed by atoms with Crippen molar-refractivity contribution in [1.29, 1.82) is 0 Å². The van der Waals surface area contributed by atoms with Crippen LogP contribution in [-0.4, -0.2) is 120 Å². The zero-order valence-corrected chi connectivity index (χ0v) is 17.8. The Labute approximate surface area is 187 Å². The first-order chi connectivity index (χ1) is 15.4. The standard InChI is InChI=1S/C21H34O11/c1-4-7-27-17-13(11-30-21-16(25)15(24)14(23)12(10-22)32-21)31-20(26)19(29-9-6-3)18(17)28-8-5-2/h4-6,12-26H,1-3,7-11H2/t12-,13-,14-,15+,16+,17-,18+,19-,20+,21+/m1/s1. The Balaban J connectivity index is 2.15. The number of rotatable bonds is 13. The van der Waals surface area contributed by atoms with Crippen LogP contribution in [0.25, 0.3) is 0 Å². The molecule has 11 nitrogen and oxygen atoms in total. The molecule has 2 rings (SSSR count). The van der Waals surface area contributed by atoms with Gasteiger partial charge in [-0.05, 0) is 0 Å². The maximum Gasteiger partial charge on any atom is 0.186 e. The summed E-state index contributed by atoms with van der Waals surface area (Å²) in [5.74, 6) is 0. The van der Waals surface area contributed by atoms with Gasteiger partial charge < -0.3 is 54.0 Å². The summed E-state index contributed by atoms with van der Waals surface area (Å²) in [7, 11) is 0. The van der Waals surface area contributed by atoms with E-state index in [2.05, 4.69) is 19.7 Å². The molecule has 0 radical (unpaired) electrons. The van der Waals surface area contributed by atoms with Crippen LogP contribution in [0.4, 0.5) is 0 Å². The van der Waals surface area contributed by atoms with E-state index in [-0.39, 0.29) is 26.4 Å². The van der Waals surface area contributed by atoms with E-state index in [1.54, 1.807) is 0 Å². The fourth-order valence-electron chi connectivity index (χ4n) is 3.53. The van der Waals surface area contributed by atoms with E-state index in [4.69, 9.17) is 28.4 Å². The second kappa shape index (κ2) is 13.5. The Kier molecular flexibility index (Phi) is 11.4. The number of aliphatic hydroxyl groups is 5. The first-order valence-corrected chi connectivity index (χ1v) is 10.3. The van der Waals surface area contributed by atoms with Gasteiger partial charge in [0.05, 0.1) is 33.0 Å². The van der Waals surface area contributed by atoms with Crippen LogP contribution in [0.3, 0.4) is 0 Å². The summed E-state index contributed by atoms with van der Waals surface area (Å²) in [6.07, 6.45) is -7.31. The summed E-state index contributed by atoms with van der Waals surface area (Å²) in [5.41, 5.74) is 0. The predicted octanol–water partition coefficient (Wildman–Crippen LogP) is -1.77. The van der Waals surface area contributed by atoms with Crippen LogP contribution in [0.15, 0.2) is 38.0 Å². The minimum atomic E-state index is -1.59. The van der Waals surface area contributed by atoms with E-state index >= 15 is 0 Å². The lowest BCUT2D eigenvalue weighted by molar-refractivity contribution is -0.333. The van der Waals surface area contributed by atoms with Gasteiger partial charge in [-0.3, -0.25) is 0 Å². The molecule has 32 heavy (non-hydrogen) atoms. The molecule has 0 saturated carbocycles. The van der Waals surface area contributed by atoms with Gasteiger partial charge in [-0.2, -0.15) is 0 Å². The second-order valence-corrected chi connectivity index (χ2v) is 7.36. The van der Waals surface area contributed by atoms with Crippen molar-refractivity contribution in [1.82, 2.24) is 0 Å². The lowest BCUT2D eigenvalue weighted by atomic mass is 9.97. The fraction of sp³-hybridized carbons (Fsp3) is 0.714. The van der Waals surface area contributed by atoms with Gasteiger partial charge in [0.1, 0.15) is 48.8 Å². The lowest BCUT2D eigenvalue weighted by Gasteiger charge is -2.45. The normalized spacial score (nSPS) is 40.0. The molecule has 0 aromatic rings. The van der Waals surface area contributed by atoms with E-state index in [1.807, 2.05) is 0 Å². The molecule has 0 amide bonds. The summed E-state index contributed by atoms with van der Waals surface area (Å²) < 4.78 is 33.8. The third kappa shape index (κ3) is 6.65. The Hall–Kier alpha value is -1.22. The summed E-state index contributed by atoms with van der Waals surface area (Å²) in [5, 5.41) is 49.9. The average Bonchev–Trinajstić information content (AvgIpc) is 2.79. The van der Waals surface area contributed by atoms with E-state index < -0.39 is 68.0 Å². The molecule has 0 aromatic heterocycles. The van der Waals surface area contributed by atoms with E-state index in [1.165, 1.54) is 18.2 Å². The van der Waals surface area contributed by atoms with E-state index in [0.717, 1.165) is 0 Å². The molecule has 10 atom stereocenters. The molecular formula is C21H34O11. The molecule has 0 bridgehead atoms. The highest BCUT2D eigenvalue weighted by molar-refractivity contribution is 4.95. The largest absolute Gasteiger partial charge is 0.394 e. The van der Waals surface area contributed by atoms with Crippen molar-refractivity contribution in [3.63, 3.8) is 0 Å². The third-order valence-electron chi connectivity index (χ3n) is 5.10. The second-order valence-electron chi connectivity index (χ2n) is 7.36. The smallest absolute Gasteiger partial charge is 0.186 e. The summed E-state index contributed by atoms with van der Waals surface area (Å²) >= 11 is 0. The predicted molar refractivity (Wildman–Crippen MR) is 110 cm³/mol. The number of hydrogen-bond acceptors (Lipinski definition) is 11. The Morgan fingerprint density at radius 1 is 0.656 bits per heavy atom. The highest BCUT2D eigenvalue weighted by Gasteiger charge is 2.49. The highest BCUT2D eigenvalue weighted by Crippen LogP contribution is 2.29. The monoisotopic (exact) mass is 462 g/mol. The van der Waals surface area contributed by atoms with Gasteiger partial charge >= 0.3 is 0 Å². The van der Waals surface area contributed by atoms with Crippen molar-refractivity contribution in [2.75, 3.05) is 33.0 Å². The van der Waals surface area contributed by atoms with Crippen molar-refractivity contribution in [2.24, 2.45) is 0 Å². The molecule has 0 aliphatic carbocycles. The van der Waals surface area contributed by atoms with Crippen molar-refractivity contribution >= 4 is 0 Å². The molecule has 0 aromatic carbocycles. The molecule has 2 aliphatic rings. The van der Waals surface area contributed by atoms with Gasteiger partial charge in [0.2, 0.25) is 0 Å². The van der Waals surface area contributed by atoms with Gasteiger partial charge in [-0.15, -0.1) is 19.7 Å². The Morgan fingerprint density at radius 3 is 1.78 bits per heavy atom. The van der Waals surface area contributed by atoms with Gasteiger partial charge in [-0.25, -0.2) is 0 Å². The number of ether oxygens (including phenoxy) is 6. The lowest BCUT2D eigenvalue weighted by Crippen LogP contribution is -2.63. The number of aliphatic hydroxyl groups excluding tert-OH is 5. The van der Waals surface area contributed by atoms with Crippen LogP contribution >= 0.6 is 0 Å². The highest BCUT2D eigenvalue weighted by atomic mass is 16.7. The summed E-state index contributed by atoms with van der Waals surface area (Å²) in [6, 6.07) is 0. The average molecular weight is 462 g/mol. The molecule has 2 heterocycles. The van der Waals surface area contributed by atoms with Crippen LogP contribution in [0.5, 0.6) is 0 Å².